The third-order valence-corrected chi connectivity index (χ3v) is 5.88. The van der Waals surface area contributed by atoms with E-state index in [-0.39, 0.29) is 5.91 Å². The third kappa shape index (κ3) is 5.14. The highest BCUT2D eigenvalue weighted by Crippen LogP contribution is 2.32. The van der Waals surface area contributed by atoms with Crippen molar-refractivity contribution in [1.82, 2.24) is 15.2 Å². The Morgan fingerprint density at radius 1 is 1.22 bits per heavy atom. The van der Waals surface area contributed by atoms with Crippen molar-refractivity contribution in [1.29, 1.82) is 0 Å². The van der Waals surface area contributed by atoms with Crippen LogP contribution in [0.4, 0.5) is 5.13 Å². The number of anilines is 1. The SMILES string of the molecule is Cc1ccc(Sc2ncccc2C(=O)Nc2nnc(CC(C)C)s2)c(C)c1. The zero-order valence-electron chi connectivity index (χ0n) is 15.8. The van der Waals surface area contributed by atoms with Gasteiger partial charge in [-0.2, -0.15) is 0 Å². The Morgan fingerprint density at radius 2 is 2.04 bits per heavy atom. The first-order chi connectivity index (χ1) is 12.9. The maximum Gasteiger partial charge on any atom is 0.260 e. The van der Waals surface area contributed by atoms with Crippen molar-refractivity contribution in [2.45, 2.75) is 44.0 Å². The van der Waals surface area contributed by atoms with Crippen molar-refractivity contribution in [3.63, 3.8) is 0 Å². The predicted molar refractivity (Wildman–Crippen MR) is 111 cm³/mol. The standard InChI is InChI=1S/C20H22N4OS2/c1-12(2)10-17-23-24-20(27-17)22-18(25)15-6-5-9-21-19(15)26-16-8-7-13(3)11-14(16)4/h5-9,11-12H,10H2,1-4H3,(H,22,24,25). The Balaban J connectivity index is 1.78. The monoisotopic (exact) mass is 398 g/mol. The van der Waals surface area contributed by atoms with Crippen LogP contribution >= 0.6 is 23.1 Å². The van der Waals surface area contributed by atoms with Gasteiger partial charge < -0.3 is 0 Å². The van der Waals surface area contributed by atoms with Gasteiger partial charge in [-0.15, -0.1) is 10.2 Å². The van der Waals surface area contributed by atoms with Crippen LogP contribution in [0.1, 0.15) is 40.3 Å². The minimum Gasteiger partial charge on any atom is -0.296 e. The van der Waals surface area contributed by atoms with Crippen LogP contribution in [0, 0.1) is 19.8 Å². The molecule has 3 aromatic rings. The predicted octanol–water partition coefficient (Wildman–Crippen LogP) is 5.15. The lowest BCUT2D eigenvalue weighted by molar-refractivity contribution is 0.102. The molecular weight excluding hydrogens is 376 g/mol. The van der Waals surface area contributed by atoms with Gasteiger partial charge in [-0.3, -0.25) is 10.1 Å². The van der Waals surface area contributed by atoms with E-state index in [4.69, 9.17) is 0 Å². The third-order valence-electron chi connectivity index (χ3n) is 3.82. The molecule has 1 aromatic carbocycles. The van der Waals surface area contributed by atoms with Gasteiger partial charge in [0.1, 0.15) is 10.0 Å². The Hall–Kier alpha value is -2.25. The molecule has 0 unspecified atom stereocenters. The van der Waals surface area contributed by atoms with E-state index in [1.807, 2.05) is 0 Å². The number of hydrogen-bond donors (Lipinski definition) is 1. The van der Waals surface area contributed by atoms with Gasteiger partial charge in [0.2, 0.25) is 5.13 Å². The van der Waals surface area contributed by atoms with Crippen molar-refractivity contribution < 1.29 is 4.79 Å². The number of benzene rings is 1. The van der Waals surface area contributed by atoms with E-state index in [1.54, 1.807) is 18.3 Å². The zero-order valence-corrected chi connectivity index (χ0v) is 17.4. The fourth-order valence-corrected chi connectivity index (χ4v) is 4.46. The number of hydrogen-bond acceptors (Lipinski definition) is 6. The van der Waals surface area contributed by atoms with E-state index in [9.17, 15) is 4.79 Å². The largest absolute Gasteiger partial charge is 0.296 e. The minimum absolute atomic E-state index is 0.220. The molecule has 2 heterocycles. The molecule has 0 saturated carbocycles. The van der Waals surface area contributed by atoms with Crippen molar-refractivity contribution in [2.24, 2.45) is 5.92 Å². The van der Waals surface area contributed by atoms with Crippen LogP contribution < -0.4 is 5.32 Å². The molecule has 7 heteroatoms. The van der Waals surface area contributed by atoms with Crippen LogP contribution in [0.2, 0.25) is 0 Å². The van der Waals surface area contributed by atoms with Gasteiger partial charge in [-0.25, -0.2) is 4.98 Å². The Morgan fingerprint density at radius 3 is 2.78 bits per heavy atom. The molecule has 0 aliphatic rings. The van der Waals surface area contributed by atoms with Gasteiger partial charge in [0, 0.05) is 17.5 Å². The zero-order chi connectivity index (χ0) is 19.4. The lowest BCUT2D eigenvalue weighted by Crippen LogP contribution is -2.13. The van der Waals surface area contributed by atoms with Gasteiger partial charge in [-0.05, 0) is 43.5 Å². The number of pyridine rings is 1. The van der Waals surface area contributed by atoms with Crippen LogP contribution in [0.25, 0.3) is 0 Å². The Bertz CT molecular complexity index is 953. The lowest BCUT2D eigenvalue weighted by atomic mass is 10.1. The fourth-order valence-electron chi connectivity index (χ4n) is 2.56. The topological polar surface area (TPSA) is 67.8 Å². The van der Waals surface area contributed by atoms with Gasteiger partial charge in [0.25, 0.3) is 5.91 Å². The second-order valence-corrected chi connectivity index (χ2v) is 8.87. The molecule has 0 spiro atoms. The van der Waals surface area contributed by atoms with Crippen molar-refractivity contribution >= 4 is 34.1 Å². The second-order valence-electron chi connectivity index (χ2n) is 6.78. The highest BCUT2D eigenvalue weighted by molar-refractivity contribution is 7.99. The fraction of sp³-hybridized carbons (Fsp3) is 0.300. The van der Waals surface area contributed by atoms with Crippen LogP contribution in [-0.4, -0.2) is 21.1 Å². The van der Waals surface area contributed by atoms with E-state index < -0.39 is 0 Å². The molecule has 5 nitrogen and oxygen atoms in total. The normalized spacial score (nSPS) is 11.0. The second kappa shape index (κ2) is 8.63. The molecule has 140 valence electrons. The van der Waals surface area contributed by atoms with Crippen LogP contribution in [0.3, 0.4) is 0 Å². The van der Waals surface area contributed by atoms with Gasteiger partial charge in [-0.1, -0.05) is 54.6 Å². The molecule has 27 heavy (non-hydrogen) atoms. The van der Waals surface area contributed by atoms with Gasteiger partial charge in [0.15, 0.2) is 0 Å². The molecule has 3 rings (SSSR count). The van der Waals surface area contributed by atoms with Gasteiger partial charge in [0.05, 0.1) is 5.56 Å². The summed E-state index contributed by atoms with van der Waals surface area (Å²) in [6.07, 6.45) is 2.56. The Labute approximate surface area is 167 Å². The number of nitrogens with zero attached hydrogens (tertiary/aromatic N) is 3. The van der Waals surface area contributed by atoms with E-state index in [0.29, 0.717) is 21.6 Å². The number of amides is 1. The summed E-state index contributed by atoms with van der Waals surface area (Å²) in [6.45, 7) is 8.39. The average Bonchev–Trinajstić information content (AvgIpc) is 3.04. The van der Waals surface area contributed by atoms with Crippen LogP contribution in [-0.2, 0) is 6.42 Å². The highest BCUT2D eigenvalue weighted by atomic mass is 32.2. The molecule has 0 fully saturated rings. The summed E-state index contributed by atoms with van der Waals surface area (Å²) in [5.74, 6) is 0.281. The minimum atomic E-state index is -0.220. The molecule has 0 atom stereocenters. The summed E-state index contributed by atoms with van der Waals surface area (Å²) >= 11 is 2.91. The van der Waals surface area contributed by atoms with E-state index in [1.165, 1.54) is 34.2 Å². The van der Waals surface area contributed by atoms with E-state index in [0.717, 1.165) is 16.3 Å². The number of aryl methyl sites for hydroxylation is 2. The number of carbonyl (C=O) groups excluding carboxylic acids is 1. The Kier molecular flexibility index (Phi) is 6.23. The maximum atomic E-state index is 12.8. The van der Waals surface area contributed by atoms with Crippen molar-refractivity contribution in [2.75, 3.05) is 5.32 Å². The maximum absolute atomic E-state index is 12.8. The van der Waals surface area contributed by atoms with Crippen molar-refractivity contribution in [3.05, 3.63) is 58.2 Å². The molecule has 0 saturated heterocycles. The summed E-state index contributed by atoms with van der Waals surface area (Å²) in [6, 6.07) is 9.81. The number of nitrogens with one attached hydrogen (secondary N) is 1. The first-order valence-electron chi connectivity index (χ1n) is 8.76. The van der Waals surface area contributed by atoms with Crippen LogP contribution in [0.5, 0.6) is 0 Å². The number of carbonyl (C=O) groups is 1. The summed E-state index contributed by atoms with van der Waals surface area (Å²) in [5, 5.41) is 13.2. The van der Waals surface area contributed by atoms with Gasteiger partial charge >= 0.3 is 0 Å². The van der Waals surface area contributed by atoms with E-state index in [2.05, 4.69) is 66.4 Å². The summed E-state index contributed by atoms with van der Waals surface area (Å²) < 4.78 is 0. The average molecular weight is 399 g/mol. The quantitative estimate of drug-likeness (QED) is 0.622. The smallest absolute Gasteiger partial charge is 0.260 e. The summed E-state index contributed by atoms with van der Waals surface area (Å²) in [4.78, 5) is 18.3. The summed E-state index contributed by atoms with van der Waals surface area (Å²) in [7, 11) is 0. The van der Waals surface area contributed by atoms with Crippen LogP contribution in [0.15, 0.2) is 46.5 Å². The molecule has 1 N–H and O–H groups in total. The lowest BCUT2D eigenvalue weighted by Gasteiger charge is -2.09. The molecule has 2 aromatic heterocycles. The van der Waals surface area contributed by atoms with E-state index >= 15 is 0 Å². The molecular formula is C20H22N4OS2. The molecule has 0 aliphatic carbocycles. The summed E-state index contributed by atoms with van der Waals surface area (Å²) in [5.41, 5.74) is 2.91. The highest BCUT2D eigenvalue weighted by Gasteiger charge is 2.16. The van der Waals surface area contributed by atoms with Crippen molar-refractivity contribution in [3.8, 4) is 0 Å². The molecule has 0 radical (unpaired) electrons. The molecule has 0 bridgehead atoms. The number of rotatable bonds is 6. The molecule has 0 aliphatic heterocycles. The first-order valence-corrected chi connectivity index (χ1v) is 10.4. The number of aromatic nitrogens is 3. The first kappa shape index (κ1) is 19.5. The molecule has 1 amide bonds.